The minimum Gasteiger partial charge on any atom is -0.322 e. The fourth-order valence-corrected chi connectivity index (χ4v) is 3.87. The standard InChI is InChI=1S/C28H22N4O2/c1-19-23(28(34)30-21-8-3-2-4-9-21)10-7-12-24(19)31-27(33)20-14-16-22(17-15-20)32-18-29-25-11-5-6-13-26(25)32/h2-18H,1H3,(H,30,34)(H,31,33). The summed E-state index contributed by atoms with van der Waals surface area (Å²) in [5.41, 5.74) is 5.86. The SMILES string of the molecule is Cc1c(NC(=O)c2ccc(-n3cnc4ccccc43)cc2)cccc1C(=O)Nc1ccccc1. The van der Waals surface area contributed by atoms with Crippen molar-refractivity contribution in [3.05, 3.63) is 120 Å². The zero-order chi connectivity index (χ0) is 23.5. The number of nitrogens with zero attached hydrogens (tertiary/aromatic N) is 2. The highest BCUT2D eigenvalue weighted by atomic mass is 16.2. The molecule has 0 aliphatic carbocycles. The number of aromatic nitrogens is 2. The quantitative estimate of drug-likeness (QED) is 0.356. The van der Waals surface area contributed by atoms with Crippen LogP contribution in [0.25, 0.3) is 16.7 Å². The minimum absolute atomic E-state index is 0.225. The second-order valence-electron chi connectivity index (χ2n) is 7.90. The van der Waals surface area contributed by atoms with Crippen LogP contribution >= 0.6 is 0 Å². The first-order valence-electron chi connectivity index (χ1n) is 10.9. The highest BCUT2D eigenvalue weighted by Crippen LogP contribution is 2.22. The summed E-state index contributed by atoms with van der Waals surface area (Å²) < 4.78 is 1.98. The second kappa shape index (κ2) is 9.03. The lowest BCUT2D eigenvalue weighted by Gasteiger charge is -2.13. The molecule has 0 aliphatic heterocycles. The van der Waals surface area contributed by atoms with E-state index in [4.69, 9.17) is 0 Å². The Morgan fingerprint density at radius 1 is 0.735 bits per heavy atom. The average molecular weight is 447 g/mol. The van der Waals surface area contributed by atoms with Gasteiger partial charge in [0, 0.05) is 28.2 Å². The number of nitrogens with one attached hydrogen (secondary N) is 2. The Hall–Kier alpha value is -4.71. The molecule has 0 saturated carbocycles. The molecule has 5 aromatic rings. The highest BCUT2D eigenvalue weighted by Gasteiger charge is 2.15. The number of benzene rings is 4. The number of carbonyl (C=O) groups is 2. The normalized spacial score (nSPS) is 10.7. The largest absolute Gasteiger partial charge is 0.322 e. The van der Waals surface area contributed by atoms with Gasteiger partial charge in [0.15, 0.2) is 0 Å². The van der Waals surface area contributed by atoms with E-state index in [1.165, 1.54) is 0 Å². The molecule has 2 N–H and O–H groups in total. The zero-order valence-electron chi connectivity index (χ0n) is 18.5. The number of para-hydroxylation sites is 3. The van der Waals surface area contributed by atoms with Crippen LogP contribution in [0.5, 0.6) is 0 Å². The molecule has 1 heterocycles. The number of hydrogen-bond acceptors (Lipinski definition) is 3. The Labute approximate surface area is 196 Å². The molecular weight excluding hydrogens is 424 g/mol. The van der Waals surface area contributed by atoms with Crippen molar-refractivity contribution in [2.24, 2.45) is 0 Å². The van der Waals surface area contributed by atoms with E-state index in [1.807, 2.05) is 78.2 Å². The molecule has 5 rings (SSSR count). The van der Waals surface area contributed by atoms with E-state index in [0.29, 0.717) is 28.1 Å². The summed E-state index contributed by atoms with van der Waals surface area (Å²) in [6, 6.07) is 29.8. The molecule has 0 aliphatic rings. The van der Waals surface area contributed by atoms with Crippen molar-refractivity contribution < 1.29 is 9.59 Å². The maximum Gasteiger partial charge on any atom is 0.256 e. The topological polar surface area (TPSA) is 76.0 Å². The first-order chi connectivity index (χ1) is 16.6. The van der Waals surface area contributed by atoms with Crippen molar-refractivity contribution in [1.29, 1.82) is 0 Å². The molecule has 0 atom stereocenters. The van der Waals surface area contributed by atoms with Gasteiger partial charge in [-0.25, -0.2) is 4.98 Å². The Bertz CT molecular complexity index is 1490. The number of amides is 2. The van der Waals surface area contributed by atoms with Crippen LogP contribution in [0, 0.1) is 6.92 Å². The fraction of sp³-hybridized carbons (Fsp3) is 0.0357. The molecule has 0 unspecified atom stereocenters. The van der Waals surface area contributed by atoms with Crippen LogP contribution in [-0.2, 0) is 0 Å². The third-order valence-corrected chi connectivity index (χ3v) is 5.72. The zero-order valence-corrected chi connectivity index (χ0v) is 18.5. The van der Waals surface area contributed by atoms with Gasteiger partial charge in [-0.3, -0.25) is 14.2 Å². The van der Waals surface area contributed by atoms with Gasteiger partial charge in [-0.2, -0.15) is 0 Å². The van der Waals surface area contributed by atoms with Crippen LogP contribution in [0.3, 0.4) is 0 Å². The lowest BCUT2D eigenvalue weighted by Crippen LogP contribution is -2.17. The first-order valence-corrected chi connectivity index (χ1v) is 10.9. The van der Waals surface area contributed by atoms with Crippen LogP contribution in [0.4, 0.5) is 11.4 Å². The monoisotopic (exact) mass is 446 g/mol. The van der Waals surface area contributed by atoms with Crippen LogP contribution in [0.15, 0.2) is 103 Å². The lowest BCUT2D eigenvalue weighted by molar-refractivity contribution is 0.101. The molecule has 2 amide bonds. The molecular formula is C28H22N4O2. The highest BCUT2D eigenvalue weighted by molar-refractivity contribution is 6.08. The van der Waals surface area contributed by atoms with Crippen LogP contribution < -0.4 is 10.6 Å². The summed E-state index contributed by atoms with van der Waals surface area (Å²) in [7, 11) is 0. The van der Waals surface area contributed by atoms with Crippen molar-refractivity contribution in [3.63, 3.8) is 0 Å². The van der Waals surface area contributed by atoms with Crippen LogP contribution in [-0.4, -0.2) is 21.4 Å². The number of anilines is 2. The van der Waals surface area contributed by atoms with Crippen molar-refractivity contribution in [2.45, 2.75) is 6.92 Å². The van der Waals surface area contributed by atoms with Crippen molar-refractivity contribution in [3.8, 4) is 5.69 Å². The number of fused-ring (bicyclic) bond motifs is 1. The number of rotatable bonds is 5. The summed E-state index contributed by atoms with van der Waals surface area (Å²) in [6.07, 6.45) is 1.77. The second-order valence-corrected chi connectivity index (χ2v) is 7.90. The van der Waals surface area contributed by atoms with Crippen molar-refractivity contribution in [1.82, 2.24) is 9.55 Å². The summed E-state index contributed by atoms with van der Waals surface area (Å²) in [5.74, 6) is -0.470. The van der Waals surface area contributed by atoms with E-state index >= 15 is 0 Å². The maximum atomic E-state index is 12.9. The predicted molar refractivity (Wildman–Crippen MR) is 135 cm³/mol. The number of hydrogen-bond donors (Lipinski definition) is 2. The van der Waals surface area contributed by atoms with Gasteiger partial charge in [0.1, 0.15) is 6.33 Å². The predicted octanol–water partition coefficient (Wildman–Crippen LogP) is 5.84. The van der Waals surface area contributed by atoms with E-state index < -0.39 is 0 Å². The third-order valence-electron chi connectivity index (χ3n) is 5.72. The van der Waals surface area contributed by atoms with Crippen molar-refractivity contribution in [2.75, 3.05) is 10.6 Å². The van der Waals surface area contributed by atoms with Gasteiger partial charge in [0.25, 0.3) is 11.8 Å². The summed E-state index contributed by atoms with van der Waals surface area (Å²) in [4.78, 5) is 30.1. The van der Waals surface area contributed by atoms with Crippen LogP contribution in [0.1, 0.15) is 26.3 Å². The summed E-state index contributed by atoms with van der Waals surface area (Å²) in [6.45, 7) is 1.82. The molecule has 0 fully saturated rings. The third kappa shape index (κ3) is 4.17. The van der Waals surface area contributed by atoms with E-state index in [-0.39, 0.29) is 11.8 Å². The Balaban J connectivity index is 1.33. The minimum atomic E-state index is -0.245. The van der Waals surface area contributed by atoms with E-state index in [1.54, 1.807) is 36.7 Å². The first kappa shape index (κ1) is 21.2. The fourth-order valence-electron chi connectivity index (χ4n) is 3.87. The molecule has 0 radical (unpaired) electrons. The van der Waals surface area contributed by atoms with E-state index in [0.717, 1.165) is 16.7 Å². The van der Waals surface area contributed by atoms with Gasteiger partial charge in [0.05, 0.1) is 11.0 Å². The molecule has 0 spiro atoms. The van der Waals surface area contributed by atoms with Gasteiger partial charge in [-0.1, -0.05) is 36.4 Å². The summed E-state index contributed by atoms with van der Waals surface area (Å²) in [5, 5.41) is 5.82. The molecule has 0 saturated heterocycles. The van der Waals surface area contributed by atoms with Gasteiger partial charge in [0.2, 0.25) is 0 Å². The van der Waals surface area contributed by atoms with E-state index in [2.05, 4.69) is 15.6 Å². The molecule has 0 bridgehead atoms. The molecule has 6 nitrogen and oxygen atoms in total. The average Bonchev–Trinajstić information content (AvgIpc) is 3.30. The van der Waals surface area contributed by atoms with Gasteiger partial charge >= 0.3 is 0 Å². The maximum absolute atomic E-state index is 12.9. The Kier molecular flexibility index (Phi) is 5.62. The number of carbonyl (C=O) groups excluding carboxylic acids is 2. The van der Waals surface area contributed by atoms with Crippen LogP contribution in [0.2, 0.25) is 0 Å². The molecule has 166 valence electrons. The lowest BCUT2D eigenvalue weighted by atomic mass is 10.1. The summed E-state index contributed by atoms with van der Waals surface area (Å²) >= 11 is 0. The molecule has 1 aromatic heterocycles. The van der Waals surface area contributed by atoms with Gasteiger partial charge < -0.3 is 10.6 Å². The molecule has 4 aromatic carbocycles. The van der Waals surface area contributed by atoms with Gasteiger partial charge in [-0.05, 0) is 73.2 Å². The molecule has 34 heavy (non-hydrogen) atoms. The smallest absolute Gasteiger partial charge is 0.256 e. The van der Waals surface area contributed by atoms with Gasteiger partial charge in [-0.15, -0.1) is 0 Å². The Morgan fingerprint density at radius 3 is 2.26 bits per heavy atom. The Morgan fingerprint density at radius 2 is 1.47 bits per heavy atom. The molecule has 6 heteroatoms. The van der Waals surface area contributed by atoms with Crippen molar-refractivity contribution >= 4 is 34.2 Å². The van der Waals surface area contributed by atoms with E-state index in [9.17, 15) is 9.59 Å². The number of imidazole rings is 1.